The largest absolute Gasteiger partial charge is 0.309 e. The standard InChI is InChI=1S/C18H17FN2/c1-12-7-8-15(17(19)9-12)18(20-2)16-11-21-10-13-5-3-4-6-14(13)16/h3-11,18,20H,1-2H3. The first-order valence-corrected chi connectivity index (χ1v) is 6.96. The lowest BCUT2D eigenvalue weighted by atomic mass is 9.95. The molecule has 0 radical (unpaired) electrons. The number of pyridine rings is 1. The van der Waals surface area contributed by atoms with Gasteiger partial charge in [0.25, 0.3) is 0 Å². The van der Waals surface area contributed by atoms with Crippen LogP contribution in [-0.4, -0.2) is 12.0 Å². The fourth-order valence-corrected chi connectivity index (χ4v) is 2.71. The Kier molecular flexibility index (Phi) is 3.67. The van der Waals surface area contributed by atoms with E-state index in [2.05, 4.69) is 10.3 Å². The quantitative estimate of drug-likeness (QED) is 0.784. The Morgan fingerprint density at radius 1 is 1.05 bits per heavy atom. The van der Waals surface area contributed by atoms with E-state index < -0.39 is 0 Å². The lowest BCUT2D eigenvalue weighted by molar-refractivity contribution is 0.576. The van der Waals surface area contributed by atoms with Crippen molar-refractivity contribution in [2.75, 3.05) is 7.05 Å². The number of halogens is 1. The predicted molar refractivity (Wildman–Crippen MR) is 83.8 cm³/mol. The number of aromatic nitrogens is 1. The highest BCUT2D eigenvalue weighted by molar-refractivity contribution is 5.85. The van der Waals surface area contributed by atoms with Crippen LogP contribution < -0.4 is 5.32 Å². The SMILES string of the molecule is CNC(c1ccc(C)cc1F)c1cncc2ccccc12. The monoisotopic (exact) mass is 280 g/mol. The van der Waals surface area contributed by atoms with Gasteiger partial charge in [-0.2, -0.15) is 0 Å². The minimum atomic E-state index is -0.218. The third-order valence-electron chi connectivity index (χ3n) is 3.77. The van der Waals surface area contributed by atoms with Gasteiger partial charge in [0.05, 0.1) is 6.04 Å². The van der Waals surface area contributed by atoms with E-state index in [9.17, 15) is 4.39 Å². The van der Waals surface area contributed by atoms with Gasteiger partial charge in [-0.15, -0.1) is 0 Å². The van der Waals surface area contributed by atoms with Crippen LogP contribution in [0.1, 0.15) is 22.7 Å². The van der Waals surface area contributed by atoms with E-state index in [-0.39, 0.29) is 11.9 Å². The molecule has 0 spiro atoms. The molecule has 0 saturated heterocycles. The Balaban J connectivity index is 2.18. The molecule has 21 heavy (non-hydrogen) atoms. The van der Waals surface area contributed by atoms with E-state index in [0.717, 1.165) is 21.9 Å². The summed E-state index contributed by atoms with van der Waals surface area (Å²) in [5.41, 5.74) is 2.54. The molecular weight excluding hydrogens is 263 g/mol. The maximum atomic E-state index is 14.3. The molecule has 3 heteroatoms. The summed E-state index contributed by atoms with van der Waals surface area (Å²) >= 11 is 0. The van der Waals surface area contributed by atoms with Crippen LogP contribution in [0, 0.1) is 12.7 Å². The van der Waals surface area contributed by atoms with E-state index in [0.29, 0.717) is 5.56 Å². The van der Waals surface area contributed by atoms with E-state index in [1.807, 2.05) is 62.8 Å². The average molecular weight is 280 g/mol. The van der Waals surface area contributed by atoms with Crippen LogP contribution in [0.15, 0.2) is 54.9 Å². The summed E-state index contributed by atoms with van der Waals surface area (Å²) in [6.45, 7) is 1.89. The molecule has 1 N–H and O–H groups in total. The maximum Gasteiger partial charge on any atom is 0.128 e. The molecule has 0 aliphatic rings. The van der Waals surface area contributed by atoms with Gasteiger partial charge in [-0.05, 0) is 36.6 Å². The normalized spacial score (nSPS) is 12.5. The topological polar surface area (TPSA) is 24.9 Å². The molecule has 1 heterocycles. The van der Waals surface area contributed by atoms with Gasteiger partial charge in [0.2, 0.25) is 0 Å². The highest BCUT2D eigenvalue weighted by Crippen LogP contribution is 2.29. The number of fused-ring (bicyclic) bond motifs is 1. The Bertz CT molecular complexity index is 778. The van der Waals surface area contributed by atoms with Crippen molar-refractivity contribution < 1.29 is 4.39 Å². The van der Waals surface area contributed by atoms with Crippen LogP contribution in [0.25, 0.3) is 10.8 Å². The van der Waals surface area contributed by atoms with Crippen molar-refractivity contribution >= 4 is 10.8 Å². The van der Waals surface area contributed by atoms with Gasteiger partial charge in [-0.25, -0.2) is 4.39 Å². The minimum Gasteiger partial charge on any atom is -0.309 e. The van der Waals surface area contributed by atoms with Crippen LogP contribution in [0.2, 0.25) is 0 Å². The summed E-state index contributed by atoms with van der Waals surface area (Å²) < 4.78 is 14.3. The molecule has 106 valence electrons. The Morgan fingerprint density at radius 3 is 2.62 bits per heavy atom. The van der Waals surface area contributed by atoms with Gasteiger partial charge < -0.3 is 5.32 Å². The summed E-state index contributed by atoms with van der Waals surface area (Å²) in [5, 5.41) is 5.35. The van der Waals surface area contributed by atoms with Gasteiger partial charge in [0.15, 0.2) is 0 Å². The molecular formula is C18H17FN2. The van der Waals surface area contributed by atoms with Crippen LogP contribution in [-0.2, 0) is 0 Å². The minimum absolute atomic E-state index is 0.192. The molecule has 1 unspecified atom stereocenters. The lowest BCUT2D eigenvalue weighted by Gasteiger charge is -2.19. The molecule has 1 aromatic heterocycles. The van der Waals surface area contributed by atoms with Crippen LogP contribution in [0.3, 0.4) is 0 Å². The first-order valence-electron chi connectivity index (χ1n) is 6.96. The number of nitrogens with one attached hydrogen (secondary N) is 1. The van der Waals surface area contributed by atoms with Gasteiger partial charge in [0, 0.05) is 23.3 Å². The molecule has 3 aromatic rings. The molecule has 0 aliphatic heterocycles. The number of nitrogens with zero attached hydrogens (tertiary/aromatic N) is 1. The van der Waals surface area contributed by atoms with Crippen molar-refractivity contribution in [3.8, 4) is 0 Å². The zero-order valence-electron chi connectivity index (χ0n) is 12.1. The summed E-state index contributed by atoms with van der Waals surface area (Å²) in [5.74, 6) is -0.192. The first kappa shape index (κ1) is 13.7. The van der Waals surface area contributed by atoms with Gasteiger partial charge in [-0.3, -0.25) is 4.98 Å². The highest BCUT2D eigenvalue weighted by atomic mass is 19.1. The van der Waals surface area contributed by atoms with Crippen molar-refractivity contribution in [2.24, 2.45) is 0 Å². The number of hydrogen-bond donors (Lipinski definition) is 1. The molecule has 2 nitrogen and oxygen atoms in total. The van der Waals surface area contributed by atoms with Gasteiger partial charge in [0.1, 0.15) is 5.82 Å². The van der Waals surface area contributed by atoms with Crippen molar-refractivity contribution in [1.82, 2.24) is 10.3 Å². The van der Waals surface area contributed by atoms with Crippen molar-refractivity contribution in [3.63, 3.8) is 0 Å². The molecule has 3 rings (SSSR count). The molecule has 0 amide bonds. The molecule has 0 bridgehead atoms. The molecule has 0 aliphatic carbocycles. The summed E-state index contributed by atoms with van der Waals surface area (Å²) in [6, 6.07) is 13.2. The van der Waals surface area contributed by atoms with Gasteiger partial charge >= 0.3 is 0 Å². The van der Waals surface area contributed by atoms with E-state index in [1.165, 1.54) is 0 Å². The zero-order chi connectivity index (χ0) is 14.8. The third kappa shape index (κ3) is 2.52. The molecule has 2 aromatic carbocycles. The predicted octanol–water partition coefficient (Wildman–Crippen LogP) is 3.99. The van der Waals surface area contributed by atoms with Crippen LogP contribution in [0.4, 0.5) is 4.39 Å². The first-order chi connectivity index (χ1) is 10.2. The van der Waals surface area contributed by atoms with Crippen molar-refractivity contribution in [3.05, 3.63) is 77.4 Å². The smallest absolute Gasteiger partial charge is 0.128 e. The van der Waals surface area contributed by atoms with E-state index in [4.69, 9.17) is 0 Å². The van der Waals surface area contributed by atoms with Crippen molar-refractivity contribution in [2.45, 2.75) is 13.0 Å². The Morgan fingerprint density at radius 2 is 1.86 bits per heavy atom. The Labute approximate surface area is 123 Å². The van der Waals surface area contributed by atoms with Crippen molar-refractivity contribution in [1.29, 1.82) is 0 Å². The summed E-state index contributed by atoms with van der Waals surface area (Å²) in [7, 11) is 1.84. The second kappa shape index (κ2) is 5.62. The van der Waals surface area contributed by atoms with Gasteiger partial charge in [-0.1, -0.05) is 36.4 Å². The number of hydrogen-bond acceptors (Lipinski definition) is 2. The summed E-state index contributed by atoms with van der Waals surface area (Å²) in [6.07, 6.45) is 3.64. The molecule has 0 fully saturated rings. The second-order valence-electron chi connectivity index (χ2n) is 5.20. The molecule has 1 atom stereocenters. The highest BCUT2D eigenvalue weighted by Gasteiger charge is 2.18. The molecule has 0 saturated carbocycles. The fraction of sp³-hybridized carbons (Fsp3) is 0.167. The maximum absolute atomic E-state index is 14.3. The second-order valence-corrected chi connectivity index (χ2v) is 5.20. The van der Waals surface area contributed by atoms with E-state index >= 15 is 0 Å². The summed E-state index contributed by atoms with van der Waals surface area (Å²) in [4.78, 5) is 4.29. The number of rotatable bonds is 3. The Hall–Kier alpha value is -2.26. The third-order valence-corrected chi connectivity index (χ3v) is 3.77. The van der Waals surface area contributed by atoms with Crippen LogP contribution in [0.5, 0.6) is 0 Å². The zero-order valence-corrected chi connectivity index (χ0v) is 12.1. The van der Waals surface area contributed by atoms with E-state index in [1.54, 1.807) is 6.07 Å². The average Bonchev–Trinajstić information content (AvgIpc) is 2.50. The van der Waals surface area contributed by atoms with Crippen LogP contribution >= 0.6 is 0 Å². The fourth-order valence-electron chi connectivity index (χ4n) is 2.71. The number of benzene rings is 2. The number of aryl methyl sites for hydroxylation is 1. The lowest BCUT2D eigenvalue weighted by Crippen LogP contribution is -2.19.